The van der Waals surface area contributed by atoms with Crippen molar-refractivity contribution in [2.75, 3.05) is 0 Å². The molecule has 1 amide bonds. The summed E-state index contributed by atoms with van der Waals surface area (Å²) in [4.78, 5) is 29.6. The molecule has 2 saturated carbocycles. The van der Waals surface area contributed by atoms with Crippen molar-refractivity contribution >= 4 is 22.3 Å². The number of hydrogen-bond donors (Lipinski definition) is 2. The van der Waals surface area contributed by atoms with E-state index in [-0.39, 0.29) is 40.4 Å². The minimum Gasteiger partial charge on any atom is -0.348 e. The quantitative estimate of drug-likeness (QED) is 0.288. The fourth-order valence-electron chi connectivity index (χ4n) is 6.70. The van der Waals surface area contributed by atoms with E-state index in [0.717, 1.165) is 36.8 Å². The van der Waals surface area contributed by atoms with E-state index in [9.17, 15) is 22.8 Å². The van der Waals surface area contributed by atoms with Crippen molar-refractivity contribution in [3.8, 4) is 11.1 Å². The number of benzene rings is 1. The standard InChI is InChI=1S/C30H28F3N7O2/c1-16(2)40-15-22(26(38-40)30(31,32)33)17-7-8-39-23(14-34-24(39)9-17)28(42)35-19-12-29(13-19)10-18(11-29)25-20-5-3-4-6-21(20)27(41)37-36-25/h3-9,14-16,18-19H,10-13H2,1-2H3,(H,35,42)(H,37,41). The van der Waals surface area contributed by atoms with Crippen LogP contribution in [0.2, 0.25) is 0 Å². The average Bonchev–Trinajstić information content (AvgIpc) is 3.55. The van der Waals surface area contributed by atoms with Crippen molar-refractivity contribution < 1.29 is 18.0 Å². The Balaban J connectivity index is 1.03. The van der Waals surface area contributed by atoms with Crippen LogP contribution in [-0.4, -0.2) is 41.3 Å². The zero-order valence-corrected chi connectivity index (χ0v) is 22.9. The van der Waals surface area contributed by atoms with Crippen molar-refractivity contribution in [1.29, 1.82) is 0 Å². The number of amides is 1. The van der Waals surface area contributed by atoms with Gasteiger partial charge in [-0.2, -0.15) is 23.4 Å². The zero-order valence-electron chi connectivity index (χ0n) is 22.9. The number of fused-ring (bicyclic) bond motifs is 2. The Kier molecular flexibility index (Phi) is 5.83. The summed E-state index contributed by atoms with van der Waals surface area (Å²) in [5.41, 5.74) is 0.927. The Morgan fingerprint density at radius 3 is 2.57 bits per heavy atom. The monoisotopic (exact) mass is 575 g/mol. The van der Waals surface area contributed by atoms with Gasteiger partial charge in [-0.15, -0.1) is 0 Å². The van der Waals surface area contributed by atoms with Gasteiger partial charge < -0.3 is 5.32 Å². The van der Waals surface area contributed by atoms with Crippen LogP contribution in [0.3, 0.4) is 0 Å². The molecule has 2 aliphatic rings. The van der Waals surface area contributed by atoms with Crippen molar-refractivity contribution in [3.63, 3.8) is 0 Å². The molecule has 2 N–H and O–H groups in total. The Morgan fingerprint density at radius 2 is 1.86 bits per heavy atom. The summed E-state index contributed by atoms with van der Waals surface area (Å²) < 4.78 is 44.0. The number of pyridine rings is 1. The van der Waals surface area contributed by atoms with Gasteiger partial charge in [0.2, 0.25) is 0 Å². The van der Waals surface area contributed by atoms with Crippen molar-refractivity contribution in [1.82, 2.24) is 34.7 Å². The molecule has 216 valence electrons. The van der Waals surface area contributed by atoms with Gasteiger partial charge in [-0.05, 0) is 68.7 Å². The molecule has 42 heavy (non-hydrogen) atoms. The molecule has 0 saturated heterocycles. The Morgan fingerprint density at radius 1 is 1.12 bits per heavy atom. The molecular weight excluding hydrogens is 547 g/mol. The third kappa shape index (κ3) is 4.27. The van der Waals surface area contributed by atoms with Gasteiger partial charge in [-0.1, -0.05) is 18.2 Å². The van der Waals surface area contributed by atoms with Crippen LogP contribution in [0.5, 0.6) is 0 Å². The Labute approximate surface area is 237 Å². The highest BCUT2D eigenvalue weighted by molar-refractivity contribution is 5.93. The van der Waals surface area contributed by atoms with Gasteiger partial charge in [0, 0.05) is 41.3 Å². The minimum atomic E-state index is -4.60. The van der Waals surface area contributed by atoms with Crippen molar-refractivity contribution in [2.24, 2.45) is 5.41 Å². The summed E-state index contributed by atoms with van der Waals surface area (Å²) in [5, 5.41) is 15.4. The number of aromatic amines is 1. The maximum atomic E-state index is 13.7. The van der Waals surface area contributed by atoms with Gasteiger partial charge in [0.25, 0.3) is 11.5 Å². The van der Waals surface area contributed by atoms with Gasteiger partial charge in [-0.25, -0.2) is 10.1 Å². The van der Waals surface area contributed by atoms with E-state index < -0.39 is 11.9 Å². The van der Waals surface area contributed by atoms with Gasteiger partial charge in [-0.3, -0.25) is 18.7 Å². The largest absolute Gasteiger partial charge is 0.435 e. The average molecular weight is 576 g/mol. The van der Waals surface area contributed by atoms with Crippen LogP contribution in [0, 0.1) is 5.41 Å². The van der Waals surface area contributed by atoms with Crippen LogP contribution in [0.15, 0.2) is 59.8 Å². The van der Waals surface area contributed by atoms with Crippen LogP contribution in [-0.2, 0) is 6.18 Å². The van der Waals surface area contributed by atoms with Gasteiger partial charge in [0.1, 0.15) is 11.3 Å². The first-order chi connectivity index (χ1) is 20.0. The summed E-state index contributed by atoms with van der Waals surface area (Å²) in [6, 6.07) is 10.4. The third-order valence-corrected chi connectivity index (χ3v) is 8.75. The fraction of sp³-hybridized carbons (Fsp3) is 0.367. The van der Waals surface area contributed by atoms with Crippen molar-refractivity contribution in [3.05, 3.63) is 82.4 Å². The summed E-state index contributed by atoms with van der Waals surface area (Å²) in [6.45, 7) is 3.52. The molecular formula is C30H28F3N7O2. The van der Waals surface area contributed by atoms with Crippen molar-refractivity contribution in [2.45, 2.75) is 63.7 Å². The molecule has 0 radical (unpaired) electrons. The SMILES string of the molecule is CC(C)n1cc(-c2ccn3c(C(=O)NC4CC5(C4)CC(c4n[nH]c(=O)c6ccccc46)C5)cnc3c2)c(C(F)(F)F)n1. The molecule has 2 fully saturated rings. The molecule has 1 aromatic carbocycles. The third-order valence-electron chi connectivity index (χ3n) is 8.75. The van der Waals surface area contributed by atoms with Crippen LogP contribution in [0.1, 0.15) is 73.4 Å². The number of carbonyl (C=O) groups is 1. The fourth-order valence-corrected chi connectivity index (χ4v) is 6.70. The Hall–Kier alpha value is -4.48. The highest BCUT2D eigenvalue weighted by Crippen LogP contribution is 2.62. The molecule has 5 aromatic rings. The summed E-state index contributed by atoms with van der Waals surface area (Å²) >= 11 is 0. The van der Waals surface area contributed by atoms with Crippen LogP contribution < -0.4 is 10.9 Å². The predicted octanol–water partition coefficient (Wildman–Crippen LogP) is 5.49. The number of aromatic nitrogens is 6. The first-order valence-corrected chi connectivity index (χ1v) is 13.9. The molecule has 1 spiro atoms. The maximum absolute atomic E-state index is 13.7. The molecule has 0 aliphatic heterocycles. The lowest BCUT2D eigenvalue weighted by Gasteiger charge is -2.57. The predicted molar refractivity (Wildman–Crippen MR) is 149 cm³/mol. The number of H-pyrrole nitrogens is 1. The molecule has 0 bridgehead atoms. The lowest BCUT2D eigenvalue weighted by atomic mass is 9.49. The lowest BCUT2D eigenvalue weighted by Crippen LogP contribution is -2.55. The normalized spacial score (nSPS) is 22.0. The summed E-state index contributed by atoms with van der Waals surface area (Å²) in [6.07, 6.45) is 3.42. The summed E-state index contributed by atoms with van der Waals surface area (Å²) in [7, 11) is 0. The highest BCUT2D eigenvalue weighted by atomic mass is 19.4. The summed E-state index contributed by atoms with van der Waals surface area (Å²) in [5.74, 6) is -0.00949. The van der Waals surface area contributed by atoms with E-state index >= 15 is 0 Å². The number of hydrogen-bond acceptors (Lipinski definition) is 5. The molecule has 4 heterocycles. The second kappa shape index (κ2) is 9.27. The number of nitrogens with zero attached hydrogens (tertiary/aromatic N) is 5. The number of carbonyl (C=O) groups excluding carboxylic acids is 1. The van der Waals surface area contributed by atoms with Crippen LogP contribution >= 0.6 is 0 Å². The smallest absolute Gasteiger partial charge is 0.348 e. The highest BCUT2D eigenvalue weighted by Gasteiger charge is 2.54. The number of alkyl halides is 3. The first-order valence-electron chi connectivity index (χ1n) is 13.9. The minimum absolute atomic E-state index is 0.0276. The van der Waals surface area contributed by atoms with Gasteiger partial charge in [0.05, 0.1) is 17.3 Å². The molecule has 2 aliphatic carbocycles. The van der Waals surface area contributed by atoms with E-state index in [1.807, 2.05) is 24.3 Å². The topological polar surface area (TPSA) is 110 Å². The van der Waals surface area contributed by atoms with E-state index in [1.165, 1.54) is 23.1 Å². The van der Waals surface area contributed by atoms with E-state index in [0.29, 0.717) is 22.3 Å². The van der Waals surface area contributed by atoms with Crippen LogP contribution in [0.4, 0.5) is 13.2 Å². The van der Waals surface area contributed by atoms with E-state index in [2.05, 4.69) is 25.6 Å². The second-order valence-electron chi connectivity index (χ2n) is 11.9. The first kappa shape index (κ1) is 26.4. The number of rotatable bonds is 5. The maximum Gasteiger partial charge on any atom is 0.435 e. The molecule has 7 rings (SSSR count). The second-order valence-corrected chi connectivity index (χ2v) is 11.9. The van der Waals surface area contributed by atoms with Crippen LogP contribution in [0.25, 0.3) is 27.5 Å². The number of imidazole rings is 1. The van der Waals surface area contributed by atoms with E-state index in [1.54, 1.807) is 30.5 Å². The Bertz CT molecular complexity index is 1910. The molecule has 9 nitrogen and oxygen atoms in total. The number of halogens is 3. The molecule has 4 aromatic heterocycles. The zero-order chi connectivity index (χ0) is 29.4. The van der Waals surface area contributed by atoms with E-state index in [4.69, 9.17) is 0 Å². The number of nitrogens with one attached hydrogen (secondary N) is 2. The lowest BCUT2D eigenvalue weighted by molar-refractivity contribution is -0.141. The molecule has 12 heteroatoms. The van der Waals surface area contributed by atoms with Gasteiger partial charge >= 0.3 is 6.18 Å². The van der Waals surface area contributed by atoms with Gasteiger partial charge in [0.15, 0.2) is 5.69 Å². The molecule has 0 unspecified atom stereocenters. The molecule has 0 atom stereocenters.